The van der Waals surface area contributed by atoms with Crippen molar-refractivity contribution in [3.63, 3.8) is 0 Å². The van der Waals surface area contributed by atoms with Crippen LogP contribution in [0.4, 0.5) is 0 Å². The minimum absolute atomic E-state index is 0.0682. The highest BCUT2D eigenvalue weighted by Crippen LogP contribution is 2.34. The summed E-state index contributed by atoms with van der Waals surface area (Å²) in [7, 11) is 1.62. The quantitative estimate of drug-likeness (QED) is 0.368. The first-order valence-corrected chi connectivity index (χ1v) is 13.5. The Bertz CT molecular complexity index is 1120. The summed E-state index contributed by atoms with van der Waals surface area (Å²) in [5, 5.41) is 21.8. The number of fused-ring (bicyclic) bond motifs is 1. The third-order valence-electron chi connectivity index (χ3n) is 6.68. The summed E-state index contributed by atoms with van der Waals surface area (Å²) >= 11 is 3.65. The maximum absolute atomic E-state index is 12.1. The zero-order chi connectivity index (χ0) is 24.1. The number of benzene rings is 1. The summed E-state index contributed by atoms with van der Waals surface area (Å²) in [5.74, 6) is 0.626. The van der Waals surface area contributed by atoms with Gasteiger partial charge in [0.1, 0.15) is 5.75 Å². The minimum atomic E-state index is -0.732. The number of methoxy groups -OCH3 is 1. The third-order valence-corrected chi connectivity index (χ3v) is 8.88. The minimum Gasteiger partial charge on any atom is -0.497 e. The van der Waals surface area contributed by atoms with Crippen molar-refractivity contribution >= 4 is 40.0 Å². The van der Waals surface area contributed by atoms with Gasteiger partial charge in [0.25, 0.3) is 0 Å². The van der Waals surface area contributed by atoms with Crippen LogP contribution < -0.4 is 4.74 Å². The molecule has 3 heterocycles. The second kappa shape index (κ2) is 11.5. The van der Waals surface area contributed by atoms with Gasteiger partial charge in [0.15, 0.2) is 0 Å². The molecular weight excluding hydrogens is 468 g/mol. The molecule has 4 rings (SSSR count). The number of thioether (sulfide) groups is 1. The number of aryl methyl sites for hydroxylation is 1. The number of thiophene rings is 1. The lowest BCUT2D eigenvalue weighted by atomic mass is 9.81. The van der Waals surface area contributed by atoms with Crippen LogP contribution in [0.25, 0.3) is 10.9 Å². The molecule has 3 aromatic rings. The molecule has 8 heteroatoms. The maximum Gasteiger partial charge on any atom is 0.308 e. The van der Waals surface area contributed by atoms with E-state index >= 15 is 0 Å². The van der Waals surface area contributed by atoms with Gasteiger partial charge < -0.3 is 19.8 Å². The molecule has 182 valence electrons. The van der Waals surface area contributed by atoms with Crippen molar-refractivity contribution in [3.8, 4) is 5.75 Å². The SMILES string of the molecule is COc1ccc2nccc(C(O)CC[C@@H]3CCN(CCSc4ccc(C)s4)C[C@@H]3C(=O)O)c2c1. The van der Waals surface area contributed by atoms with Crippen molar-refractivity contribution in [1.29, 1.82) is 0 Å². The Morgan fingerprint density at radius 1 is 1.32 bits per heavy atom. The standard InChI is InChI=1S/C26H32N2O4S2/c1-17-3-8-25(34-17)33-14-13-28-12-10-18(22(16-28)26(30)31)4-7-24(29)20-9-11-27-23-6-5-19(32-2)15-21(20)23/h3,5-6,8-9,11,15,18,22,24,29H,4,7,10,12-14,16H2,1-2H3,(H,30,31)/t18-,22+,24?/m1/s1. The van der Waals surface area contributed by atoms with Crippen LogP contribution in [-0.4, -0.2) is 58.6 Å². The van der Waals surface area contributed by atoms with E-state index in [0.717, 1.165) is 47.5 Å². The van der Waals surface area contributed by atoms with Crippen LogP contribution in [0.2, 0.25) is 0 Å². The normalized spacial score (nSPS) is 19.9. The van der Waals surface area contributed by atoms with Crippen LogP contribution in [0.1, 0.15) is 35.8 Å². The summed E-state index contributed by atoms with van der Waals surface area (Å²) in [5.41, 5.74) is 1.62. The molecule has 1 unspecified atom stereocenters. The monoisotopic (exact) mass is 500 g/mol. The number of carboxylic acid groups (broad SMARTS) is 1. The molecule has 6 nitrogen and oxygen atoms in total. The van der Waals surface area contributed by atoms with Gasteiger partial charge in [0.05, 0.1) is 28.9 Å². The number of aliphatic hydroxyl groups excluding tert-OH is 1. The first-order chi connectivity index (χ1) is 16.4. The zero-order valence-corrected chi connectivity index (χ0v) is 21.3. The predicted molar refractivity (Wildman–Crippen MR) is 138 cm³/mol. The number of aliphatic carboxylic acids is 1. The number of carboxylic acids is 1. The molecule has 0 aliphatic carbocycles. The molecule has 2 N–H and O–H groups in total. The maximum atomic E-state index is 12.1. The number of hydrogen-bond acceptors (Lipinski definition) is 7. The van der Waals surface area contributed by atoms with E-state index in [2.05, 4.69) is 28.9 Å². The summed E-state index contributed by atoms with van der Waals surface area (Å²) in [4.78, 5) is 20.0. The Morgan fingerprint density at radius 3 is 2.91 bits per heavy atom. The lowest BCUT2D eigenvalue weighted by molar-refractivity contribution is -0.146. The summed E-state index contributed by atoms with van der Waals surface area (Å²) < 4.78 is 6.65. The average Bonchev–Trinajstić information content (AvgIpc) is 3.26. The predicted octanol–water partition coefficient (Wildman–Crippen LogP) is 5.24. The van der Waals surface area contributed by atoms with Gasteiger partial charge in [-0.3, -0.25) is 9.78 Å². The molecule has 1 aromatic carbocycles. The molecule has 1 saturated heterocycles. The number of nitrogens with zero attached hydrogens (tertiary/aromatic N) is 2. The van der Waals surface area contributed by atoms with E-state index in [1.165, 1.54) is 9.09 Å². The smallest absolute Gasteiger partial charge is 0.308 e. The van der Waals surface area contributed by atoms with Crippen molar-refractivity contribution in [1.82, 2.24) is 9.88 Å². The highest BCUT2D eigenvalue weighted by molar-refractivity contribution is 8.01. The van der Waals surface area contributed by atoms with Crippen molar-refractivity contribution in [3.05, 3.63) is 53.0 Å². The van der Waals surface area contributed by atoms with Crippen LogP contribution in [0, 0.1) is 18.8 Å². The fraction of sp³-hybridized carbons (Fsp3) is 0.462. The molecule has 3 atom stereocenters. The third kappa shape index (κ3) is 6.10. The summed E-state index contributed by atoms with van der Waals surface area (Å²) in [6.45, 7) is 4.49. The summed E-state index contributed by atoms with van der Waals surface area (Å²) in [6, 6.07) is 11.8. The number of pyridine rings is 1. The molecule has 0 saturated carbocycles. The van der Waals surface area contributed by atoms with Crippen LogP contribution in [-0.2, 0) is 4.79 Å². The fourth-order valence-corrected chi connectivity index (χ4v) is 6.94. The lowest BCUT2D eigenvalue weighted by Crippen LogP contribution is -2.44. The summed E-state index contributed by atoms with van der Waals surface area (Å²) in [6.07, 6.45) is 3.09. The van der Waals surface area contributed by atoms with E-state index < -0.39 is 18.0 Å². The first kappa shape index (κ1) is 25.0. The van der Waals surface area contributed by atoms with Crippen LogP contribution >= 0.6 is 23.1 Å². The van der Waals surface area contributed by atoms with E-state index in [0.29, 0.717) is 19.4 Å². The molecule has 1 fully saturated rings. The van der Waals surface area contributed by atoms with E-state index in [1.54, 1.807) is 24.6 Å². The van der Waals surface area contributed by atoms with Gasteiger partial charge in [0, 0.05) is 35.3 Å². The van der Waals surface area contributed by atoms with Gasteiger partial charge in [-0.2, -0.15) is 0 Å². The van der Waals surface area contributed by atoms with E-state index in [9.17, 15) is 15.0 Å². The van der Waals surface area contributed by atoms with E-state index in [4.69, 9.17) is 4.74 Å². The molecule has 2 aromatic heterocycles. The van der Waals surface area contributed by atoms with Crippen LogP contribution in [0.5, 0.6) is 5.75 Å². The van der Waals surface area contributed by atoms with Gasteiger partial charge >= 0.3 is 5.97 Å². The van der Waals surface area contributed by atoms with Crippen molar-refractivity contribution in [2.75, 3.05) is 32.5 Å². The fourth-order valence-electron chi connectivity index (χ4n) is 4.75. The van der Waals surface area contributed by atoms with Crippen LogP contribution in [0.3, 0.4) is 0 Å². The average molecular weight is 501 g/mol. The molecule has 1 aliphatic heterocycles. The molecule has 0 radical (unpaired) electrons. The Morgan fingerprint density at radius 2 is 2.18 bits per heavy atom. The van der Waals surface area contributed by atoms with Gasteiger partial charge in [0.2, 0.25) is 0 Å². The van der Waals surface area contributed by atoms with Crippen molar-refractivity contribution in [2.45, 2.75) is 36.5 Å². The second-order valence-corrected chi connectivity index (χ2v) is 11.6. The van der Waals surface area contributed by atoms with Gasteiger partial charge in [-0.05, 0) is 80.6 Å². The highest BCUT2D eigenvalue weighted by Gasteiger charge is 2.34. The van der Waals surface area contributed by atoms with Crippen molar-refractivity contribution < 1.29 is 19.7 Å². The van der Waals surface area contributed by atoms with E-state index in [1.807, 2.05) is 36.0 Å². The molecule has 0 amide bonds. The number of piperidine rings is 1. The van der Waals surface area contributed by atoms with E-state index in [-0.39, 0.29) is 5.92 Å². The number of likely N-dealkylation sites (tertiary alicyclic amines) is 1. The Labute approximate surface area is 209 Å². The number of aromatic nitrogens is 1. The molecular formula is C26H32N2O4S2. The van der Waals surface area contributed by atoms with Crippen LogP contribution in [0.15, 0.2) is 46.8 Å². The number of aliphatic hydroxyl groups is 1. The number of ether oxygens (including phenoxy) is 1. The Balaban J connectivity index is 1.33. The number of rotatable bonds is 10. The molecule has 0 bridgehead atoms. The van der Waals surface area contributed by atoms with Crippen molar-refractivity contribution in [2.24, 2.45) is 11.8 Å². The van der Waals surface area contributed by atoms with Gasteiger partial charge in [-0.15, -0.1) is 23.1 Å². The first-order valence-electron chi connectivity index (χ1n) is 11.7. The number of carbonyl (C=O) groups is 1. The number of hydrogen-bond donors (Lipinski definition) is 2. The molecule has 1 aliphatic rings. The molecule has 34 heavy (non-hydrogen) atoms. The van der Waals surface area contributed by atoms with Gasteiger partial charge in [-0.1, -0.05) is 0 Å². The highest BCUT2D eigenvalue weighted by atomic mass is 32.2. The zero-order valence-electron chi connectivity index (χ0n) is 19.6. The molecule has 0 spiro atoms. The Hall–Kier alpha value is -2.13. The largest absolute Gasteiger partial charge is 0.497 e. The lowest BCUT2D eigenvalue weighted by Gasteiger charge is -2.36. The topological polar surface area (TPSA) is 82.9 Å². The Kier molecular flexibility index (Phi) is 8.47. The van der Waals surface area contributed by atoms with Gasteiger partial charge in [-0.25, -0.2) is 0 Å². The second-order valence-electron chi connectivity index (χ2n) is 8.88.